The molecular weight excluding hydrogens is 184 g/mol. The molecule has 6 heteroatoms. The average Bonchev–Trinajstić information content (AvgIpc) is 2.18. The van der Waals surface area contributed by atoms with Crippen LogP contribution in [-0.4, -0.2) is 18.3 Å². The van der Waals surface area contributed by atoms with E-state index in [9.17, 15) is 0 Å². The van der Waals surface area contributed by atoms with Crippen molar-refractivity contribution in [3.8, 4) is 5.75 Å². The number of hydrogen-bond donors (Lipinski definition) is 5. The number of anilines is 4. The lowest BCUT2D eigenvalue weighted by Gasteiger charge is -2.13. The molecule has 0 radical (unpaired) electrons. The average molecular weight is 198 g/mol. The van der Waals surface area contributed by atoms with Crippen LogP contribution in [0.5, 0.6) is 5.75 Å². The van der Waals surface area contributed by atoms with Crippen LogP contribution in [0.15, 0.2) is 6.07 Å². The first-order valence-electron chi connectivity index (χ1n) is 4.04. The predicted molar refractivity (Wildman–Crippen MR) is 56.7 cm³/mol. The summed E-state index contributed by atoms with van der Waals surface area (Å²) in [4.78, 5) is 0. The molecule has 0 amide bonds. The fourth-order valence-electron chi connectivity index (χ4n) is 1.01. The van der Waals surface area contributed by atoms with E-state index in [1.54, 1.807) is 0 Å². The summed E-state index contributed by atoms with van der Waals surface area (Å²) in [5.74, 6) is 0.336. The number of nitrogens with two attached hydrogens (primary N) is 4. The molecule has 0 bridgehead atoms. The molecule has 0 atom stereocenters. The van der Waals surface area contributed by atoms with Crippen LogP contribution in [0.25, 0.3) is 0 Å². The summed E-state index contributed by atoms with van der Waals surface area (Å²) < 4.78 is 5.11. The molecule has 0 fully saturated rings. The molecule has 78 valence electrons. The molecule has 0 aliphatic carbocycles. The zero-order valence-electron chi connectivity index (χ0n) is 7.66. The molecule has 0 spiro atoms. The van der Waals surface area contributed by atoms with Gasteiger partial charge in [0.25, 0.3) is 0 Å². The first-order valence-corrected chi connectivity index (χ1v) is 4.04. The van der Waals surface area contributed by atoms with Crippen molar-refractivity contribution in [2.24, 2.45) is 0 Å². The minimum atomic E-state index is -0.108. The van der Waals surface area contributed by atoms with Crippen molar-refractivity contribution >= 4 is 22.7 Å². The van der Waals surface area contributed by atoms with Crippen LogP contribution in [0.2, 0.25) is 0 Å². The van der Waals surface area contributed by atoms with Gasteiger partial charge in [0.05, 0.1) is 29.4 Å². The molecule has 0 saturated heterocycles. The van der Waals surface area contributed by atoms with E-state index in [1.165, 1.54) is 6.07 Å². The molecule has 1 aromatic carbocycles. The number of aliphatic hydroxyl groups is 1. The second-order valence-electron chi connectivity index (χ2n) is 2.78. The van der Waals surface area contributed by atoms with Gasteiger partial charge in [0, 0.05) is 6.07 Å². The number of rotatable bonds is 3. The molecule has 0 aliphatic rings. The Morgan fingerprint density at radius 1 is 1.07 bits per heavy atom. The van der Waals surface area contributed by atoms with Gasteiger partial charge in [-0.2, -0.15) is 0 Å². The van der Waals surface area contributed by atoms with Crippen LogP contribution in [0.1, 0.15) is 0 Å². The van der Waals surface area contributed by atoms with Gasteiger partial charge in [0.1, 0.15) is 12.4 Å². The molecule has 1 aromatic rings. The third kappa shape index (κ3) is 1.74. The number of nitrogen functional groups attached to an aromatic ring is 4. The van der Waals surface area contributed by atoms with Gasteiger partial charge in [0.15, 0.2) is 0 Å². The molecule has 6 nitrogen and oxygen atoms in total. The maximum absolute atomic E-state index is 8.56. The molecule has 14 heavy (non-hydrogen) atoms. The van der Waals surface area contributed by atoms with Gasteiger partial charge in [-0.3, -0.25) is 0 Å². The first-order chi connectivity index (χ1) is 6.57. The summed E-state index contributed by atoms with van der Waals surface area (Å²) in [6.45, 7) is 0.0244. The predicted octanol–water partition coefficient (Wildman–Crippen LogP) is -0.614. The van der Waals surface area contributed by atoms with Crippen LogP contribution >= 0.6 is 0 Å². The number of ether oxygens (including phenoxy) is 1. The second kappa shape index (κ2) is 3.93. The van der Waals surface area contributed by atoms with Gasteiger partial charge < -0.3 is 32.8 Å². The molecule has 0 aromatic heterocycles. The SMILES string of the molecule is Nc1cc(OCCO)c(N)c(N)c1N. The zero-order chi connectivity index (χ0) is 10.7. The lowest BCUT2D eigenvalue weighted by atomic mass is 10.2. The summed E-state index contributed by atoms with van der Waals surface area (Å²) >= 11 is 0. The molecule has 1 rings (SSSR count). The van der Waals surface area contributed by atoms with E-state index in [4.69, 9.17) is 32.8 Å². The van der Waals surface area contributed by atoms with Gasteiger partial charge in [-0.05, 0) is 0 Å². The Balaban J connectivity index is 3.06. The molecule has 0 saturated carbocycles. The highest BCUT2D eigenvalue weighted by atomic mass is 16.5. The Bertz CT molecular complexity index is 341. The smallest absolute Gasteiger partial charge is 0.146 e. The zero-order valence-corrected chi connectivity index (χ0v) is 7.66. The third-order valence-corrected chi connectivity index (χ3v) is 1.79. The minimum absolute atomic E-state index is 0.108. The maximum Gasteiger partial charge on any atom is 0.146 e. The summed E-state index contributed by atoms with van der Waals surface area (Å²) in [6, 6.07) is 1.48. The number of benzene rings is 1. The van der Waals surface area contributed by atoms with Crippen LogP contribution in [-0.2, 0) is 0 Å². The molecule has 0 aliphatic heterocycles. The maximum atomic E-state index is 8.56. The van der Waals surface area contributed by atoms with E-state index >= 15 is 0 Å². The lowest BCUT2D eigenvalue weighted by Crippen LogP contribution is -2.08. The van der Waals surface area contributed by atoms with Crippen LogP contribution in [0, 0.1) is 0 Å². The summed E-state index contributed by atoms with van der Waals surface area (Å²) in [6.07, 6.45) is 0. The molecular formula is C8H14N4O2. The topological polar surface area (TPSA) is 134 Å². The van der Waals surface area contributed by atoms with Gasteiger partial charge in [0.2, 0.25) is 0 Å². The van der Waals surface area contributed by atoms with Gasteiger partial charge in [-0.25, -0.2) is 0 Å². The second-order valence-corrected chi connectivity index (χ2v) is 2.78. The van der Waals surface area contributed by atoms with E-state index in [0.717, 1.165) is 0 Å². The van der Waals surface area contributed by atoms with Gasteiger partial charge in [-0.15, -0.1) is 0 Å². The van der Waals surface area contributed by atoms with Crippen molar-refractivity contribution in [1.29, 1.82) is 0 Å². The van der Waals surface area contributed by atoms with Crippen LogP contribution < -0.4 is 27.7 Å². The highest BCUT2D eigenvalue weighted by molar-refractivity contribution is 5.89. The summed E-state index contributed by atoms with van der Waals surface area (Å²) in [5, 5.41) is 8.56. The Labute approximate surface area is 81.4 Å². The quantitative estimate of drug-likeness (QED) is 0.411. The van der Waals surface area contributed by atoms with Crippen LogP contribution in [0.3, 0.4) is 0 Å². The first kappa shape index (κ1) is 10.3. The Morgan fingerprint density at radius 3 is 2.29 bits per heavy atom. The van der Waals surface area contributed by atoms with Crippen molar-refractivity contribution in [1.82, 2.24) is 0 Å². The lowest BCUT2D eigenvalue weighted by molar-refractivity contribution is 0.202. The van der Waals surface area contributed by atoms with Crippen molar-refractivity contribution in [3.63, 3.8) is 0 Å². The molecule has 0 heterocycles. The van der Waals surface area contributed by atoms with E-state index in [-0.39, 0.29) is 30.3 Å². The Hall–Kier alpha value is -1.82. The molecule has 9 N–H and O–H groups in total. The number of hydrogen-bond acceptors (Lipinski definition) is 6. The van der Waals surface area contributed by atoms with Crippen molar-refractivity contribution < 1.29 is 9.84 Å². The minimum Gasteiger partial charge on any atom is -0.489 e. The van der Waals surface area contributed by atoms with E-state index in [1.807, 2.05) is 0 Å². The highest BCUT2D eigenvalue weighted by Crippen LogP contribution is 2.36. The fourth-order valence-corrected chi connectivity index (χ4v) is 1.01. The molecule has 0 unspecified atom stereocenters. The normalized spacial score (nSPS) is 10.1. The highest BCUT2D eigenvalue weighted by Gasteiger charge is 2.10. The van der Waals surface area contributed by atoms with E-state index in [2.05, 4.69) is 0 Å². The summed E-state index contributed by atoms with van der Waals surface area (Å²) in [5.41, 5.74) is 23.3. The Kier molecular flexibility index (Phi) is 2.88. The van der Waals surface area contributed by atoms with E-state index < -0.39 is 0 Å². The number of aliphatic hydroxyl groups excluding tert-OH is 1. The van der Waals surface area contributed by atoms with Crippen molar-refractivity contribution in [2.75, 3.05) is 36.1 Å². The van der Waals surface area contributed by atoms with Gasteiger partial charge >= 0.3 is 0 Å². The largest absolute Gasteiger partial charge is 0.489 e. The van der Waals surface area contributed by atoms with Crippen molar-refractivity contribution in [3.05, 3.63) is 6.07 Å². The van der Waals surface area contributed by atoms with Gasteiger partial charge in [-0.1, -0.05) is 0 Å². The van der Waals surface area contributed by atoms with E-state index in [0.29, 0.717) is 11.4 Å². The monoisotopic (exact) mass is 198 g/mol. The fraction of sp³-hybridized carbons (Fsp3) is 0.250. The summed E-state index contributed by atoms with van der Waals surface area (Å²) in [7, 11) is 0. The third-order valence-electron chi connectivity index (χ3n) is 1.79. The Morgan fingerprint density at radius 2 is 1.71 bits per heavy atom. The van der Waals surface area contributed by atoms with Crippen molar-refractivity contribution in [2.45, 2.75) is 0 Å². The van der Waals surface area contributed by atoms with Crippen LogP contribution in [0.4, 0.5) is 22.7 Å². The standard InChI is InChI=1S/C8H14N4O2/c9-4-3-5(14-2-1-13)7(11)8(12)6(4)10/h3,13H,1-2,9-12H2.